The fourth-order valence-corrected chi connectivity index (χ4v) is 3.26. The number of benzene rings is 1. The number of nitrogens with one attached hydrogen (secondary N) is 2. The van der Waals surface area contributed by atoms with Crippen LogP contribution in [0.4, 0.5) is 0 Å². The van der Waals surface area contributed by atoms with Crippen molar-refractivity contribution >= 4 is 0 Å². The summed E-state index contributed by atoms with van der Waals surface area (Å²) in [5.41, 5.74) is 6.92. The molecule has 0 aliphatic rings. The highest BCUT2D eigenvalue weighted by Crippen LogP contribution is 2.16. The van der Waals surface area contributed by atoms with Crippen LogP contribution in [0.5, 0.6) is 5.75 Å². The van der Waals surface area contributed by atoms with Crippen molar-refractivity contribution < 1.29 is 4.74 Å². The standard InChI is InChI=1S/C24H45N3O/c1-2-3-17-26-18-10-7-11-19-27-20-21-28-24-15-12-14-23(22-24)13-8-5-4-6-9-16-25/h12,14-15,22,26-27H,2-11,13,16-21,25H2,1H3. The molecule has 0 aromatic heterocycles. The Morgan fingerprint density at radius 3 is 2.25 bits per heavy atom. The summed E-state index contributed by atoms with van der Waals surface area (Å²) in [6.07, 6.45) is 13.8. The summed E-state index contributed by atoms with van der Waals surface area (Å²) in [6.45, 7) is 8.13. The van der Waals surface area contributed by atoms with Crippen molar-refractivity contribution in [1.82, 2.24) is 10.6 Å². The van der Waals surface area contributed by atoms with Gasteiger partial charge in [-0.15, -0.1) is 0 Å². The van der Waals surface area contributed by atoms with Crippen LogP contribution in [0.2, 0.25) is 0 Å². The van der Waals surface area contributed by atoms with Gasteiger partial charge in [0.15, 0.2) is 0 Å². The second kappa shape index (κ2) is 19.2. The summed E-state index contributed by atoms with van der Waals surface area (Å²) in [5, 5.41) is 6.98. The fourth-order valence-electron chi connectivity index (χ4n) is 3.26. The lowest BCUT2D eigenvalue weighted by molar-refractivity contribution is 0.313. The first-order valence-electron chi connectivity index (χ1n) is 11.7. The van der Waals surface area contributed by atoms with Crippen molar-refractivity contribution in [2.75, 3.05) is 39.3 Å². The molecule has 0 aliphatic heterocycles. The molecule has 4 N–H and O–H groups in total. The second-order valence-corrected chi connectivity index (χ2v) is 7.72. The Labute approximate surface area is 174 Å². The van der Waals surface area contributed by atoms with E-state index in [1.807, 2.05) is 0 Å². The minimum atomic E-state index is 0.737. The van der Waals surface area contributed by atoms with E-state index < -0.39 is 0 Å². The fraction of sp³-hybridized carbons (Fsp3) is 0.750. The van der Waals surface area contributed by atoms with E-state index >= 15 is 0 Å². The Morgan fingerprint density at radius 2 is 1.46 bits per heavy atom. The molecule has 4 heteroatoms. The molecular formula is C24H45N3O. The highest BCUT2D eigenvalue weighted by Gasteiger charge is 1.98. The molecule has 0 saturated carbocycles. The van der Waals surface area contributed by atoms with Gasteiger partial charge in [0.1, 0.15) is 12.4 Å². The van der Waals surface area contributed by atoms with Crippen LogP contribution in [0.15, 0.2) is 24.3 Å². The Balaban J connectivity index is 1.96. The summed E-state index contributed by atoms with van der Waals surface area (Å²) >= 11 is 0. The minimum Gasteiger partial charge on any atom is -0.492 e. The van der Waals surface area contributed by atoms with Crippen LogP contribution in [0, 0.1) is 0 Å². The summed E-state index contributed by atoms with van der Waals surface area (Å²) in [4.78, 5) is 0. The van der Waals surface area contributed by atoms with Gasteiger partial charge in [0.25, 0.3) is 0 Å². The van der Waals surface area contributed by atoms with E-state index in [-0.39, 0.29) is 0 Å². The van der Waals surface area contributed by atoms with Gasteiger partial charge in [0.05, 0.1) is 0 Å². The topological polar surface area (TPSA) is 59.3 Å². The number of aryl methyl sites for hydroxylation is 1. The number of hydrogen-bond acceptors (Lipinski definition) is 4. The first kappa shape index (κ1) is 24.9. The molecular weight excluding hydrogens is 346 g/mol. The third-order valence-corrected chi connectivity index (χ3v) is 5.03. The second-order valence-electron chi connectivity index (χ2n) is 7.72. The molecule has 1 aromatic rings. The summed E-state index contributed by atoms with van der Waals surface area (Å²) in [6, 6.07) is 8.59. The molecule has 0 unspecified atom stereocenters. The van der Waals surface area contributed by atoms with Gasteiger partial charge in [-0.1, -0.05) is 51.2 Å². The Morgan fingerprint density at radius 1 is 0.786 bits per heavy atom. The quantitative estimate of drug-likeness (QED) is 0.283. The van der Waals surface area contributed by atoms with E-state index in [4.69, 9.17) is 10.5 Å². The van der Waals surface area contributed by atoms with Gasteiger partial charge in [-0.3, -0.25) is 0 Å². The van der Waals surface area contributed by atoms with Crippen molar-refractivity contribution in [3.05, 3.63) is 29.8 Å². The third-order valence-electron chi connectivity index (χ3n) is 5.03. The predicted molar refractivity (Wildman–Crippen MR) is 122 cm³/mol. The highest BCUT2D eigenvalue weighted by molar-refractivity contribution is 5.28. The van der Waals surface area contributed by atoms with Gasteiger partial charge in [-0.05, 0) is 82.4 Å². The van der Waals surface area contributed by atoms with Crippen LogP contribution >= 0.6 is 0 Å². The zero-order valence-electron chi connectivity index (χ0n) is 18.3. The van der Waals surface area contributed by atoms with Gasteiger partial charge in [0.2, 0.25) is 0 Å². The lowest BCUT2D eigenvalue weighted by atomic mass is 10.1. The molecule has 0 bridgehead atoms. The predicted octanol–water partition coefficient (Wildman–Crippen LogP) is 4.67. The SMILES string of the molecule is CCCCNCCCCCNCCOc1cccc(CCCCCCCN)c1. The molecule has 1 aromatic carbocycles. The molecule has 0 fully saturated rings. The molecule has 0 heterocycles. The van der Waals surface area contributed by atoms with E-state index in [1.165, 1.54) is 69.9 Å². The third kappa shape index (κ3) is 14.9. The average Bonchev–Trinajstić information content (AvgIpc) is 2.72. The van der Waals surface area contributed by atoms with E-state index in [1.54, 1.807) is 0 Å². The Hall–Kier alpha value is -1.10. The maximum absolute atomic E-state index is 5.90. The first-order chi connectivity index (χ1) is 13.9. The molecule has 1 rings (SSSR count). The molecule has 4 nitrogen and oxygen atoms in total. The summed E-state index contributed by atoms with van der Waals surface area (Å²) < 4.78 is 5.90. The lowest BCUT2D eigenvalue weighted by Gasteiger charge is -2.09. The molecule has 0 spiro atoms. The van der Waals surface area contributed by atoms with Crippen molar-refractivity contribution in [3.63, 3.8) is 0 Å². The molecule has 28 heavy (non-hydrogen) atoms. The smallest absolute Gasteiger partial charge is 0.119 e. The highest BCUT2D eigenvalue weighted by atomic mass is 16.5. The summed E-state index contributed by atoms with van der Waals surface area (Å²) in [7, 11) is 0. The van der Waals surface area contributed by atoms with Gasteiger partial charge >= 0.3 is 0 Å². The first-order valence-corrected chi connectivity index (χ1v) is 11.7. The maximum atomic E-state index is 5.90. The van der Waals surface area contributed by atoms with Crippen molar-refractivity contribution in [1.29, 1.82) is 0 Å². The molecule has 0 atom stereocenters. The largest absolute Gasteiger partial charge is 0.492 e. The van der Waals surface area contributed by atoms with Crippen LogP contribution < -0.4 is 21.1 Å². The van der Waals surface area contributed by atoms with E-state index in [0.29, 0.717) is 0 Å². The van der Waals surface area contributed by atoms with Crippen LogP contribution in [0.3, 0.4) is 0 Å². The number of nitrogens with two attached hydrogens (primary N) is 1. The molecule has 0 saturated heterocycles. The monoisotopic (exact) mass is 391 g/mol. The molecule has 0 aliphatic carbocycles. The lowest BCUT2D eigenvalue weighted by Crippen LogP contribution is -2.22. The Kier molecular flexibility index (Phi) is 17.1. The van der Waals surface area contributed by atoms with Gasteiger partial charge in [-0.25, -0.2) is 0 Å². The normalized spacial score (nSPS) is 11.1. The molecule has 0 radical (unpaired) electrons. The van der Waals surface area contributed by atoms with Crippen LogP contribution in [-0.2, 0) is 6.42 Å². The maximum Gasteiger partial charge on any atom is 0.119 e. The van der Waals surface area contributed by atoms with E-state index in [9.17, 15) is 0 Å². The van der Waals surface area contributed by atoms with Crippen LogP contribution in [0.25, 0.3) is 0 Å². The number of unbranched alkanes of at least 4 members (excludes halogenated alkanes) is 7. The number of rotatable bonds is 20. The molecule has 162 valence electrons. The zero-order valence-corrected chi connectivity index (χ0v) is 18.3. The van der Waals surface area contributed by atoms with Crippen molar-refractivity contribution in [2.24, 2.45) is 5.73 Å². The van der Waals surface area contributed by atoms with Crippen LogP contribution in [-0.4, -0.2) is 39.3 Å². The van der Waals surface area contributed by atoms with Crippen molar-refractivity contribution in [3.8, 4) is 5.75 Å². The van der Waals surface area contributed by atoms with Crippen molar-refractivity contribution in [2.45, 2.75) is 77.6 Å². The van der Waals surface area contributed by atoms with Gasteiger partial charge < -0.3 is 21.1 Å². The Bertz CT molecular complexity index is 453. The average molecular weight is 392 g/mol. The van der Waals surface area contributed by atoms with Gasteiger partial charge in [0, 0.05) is 6.54 Å². The summed E-state index contributed by atoms with van der Waals surface area (Å²) in [5.74, 6) is 1.00. The van der Waals surface area contributed by atoms with Crippen LogP contribution in [0.1, 0.15) is 76.7 Å². The van der Waals surface area contributed by atoms with E-state index in [2.05, 4.69) is 41.8 Å². The molecule has 0 amide bonds. The van der Waals surface area contributed by atoms with Gasteiger partial charge in [-0.2, -0.15) is 0 Å². The number of hydrogen-bond donors (Lipinski definition) is 3. The minimum absolute atomic E-state index is 0.737. The number of ether oxygens (including phenoxy) is 1. The zero-order chi connectivity index (χ0) is 20.1. The van der Waals surface area contributed by atoms with E-state index in [0.717, 1.165) is 51.4 Å².